The van der Waals surface area contributed by atoms with Crippen LogP contribution in [0.3, 0.4) is 0 Å². The van der Waals surface area contributed by atoms with Crippen LogP contribution in [0.1, 0.15) is 6.92 Å². The number of guanidine groups is 1. The van der Waals surface area contributed by atoms with Gasteiger partial charge in [-0.1, -0.05) is 0 Å². The van der Waals surface area contributed by atoms with Gasteiger partial charge in [0, 0.05) is 0 Å². The molecule has 0 radical (unpaired) electrons. The lowest BCUT2D eigenvalue weighted by Crippen LogP contribution is -2.23. The summed E-state index contributed by atoms with van der Waals surface area (Å²) in [5, 5.41) is -0.0926. The van der Waals surface area contributed by atoms with Crippen molar-refractivity contribution in [3.05, 3.63) is 0 Å². The third-order valence-corrected chi connectivity index (χ3v) is 0.451. The van der Waals surface area contributed by atoms with Crippen LogP contribution in [0.25, 0.3) is 0 Å². The summed E-state index contributed by atoms with van der Waals surface area (Å²) in [5.41, 5.74) is 9.94. The van der Waals surface area contributed by atoms with E-state index < -0.39 is 10.4 Å². The van der Waals surface area contributed by atoms with Gasteiger partial charge in [0.05, 0.1) is 5.37 Å². The maximum atomic E-state index is 8.74. The lowest BCUT2D eigenvalue weighted by atomic mass is 10.8. The first-order valence-corrected chi connectivity index (χ1v) is 4.51. The van der Waals surface area contributed by atoms with Gasteiger partial charge in [0.15, 0.2) is 5.96 Å². The molecule has 0 heterocycles. The third-order valence-electron chi connectivity index (χ3n) is 0.336. The molecule has 0 aliphatic carbocycles. The molecule has 0 spiro atoms. The number of aliphatic imine (C=N–C) groups is 1. The van der Waals surface area contributed by atoms with Crippen LogP contribution < -0.4 is 11.5 Å². The van der Waals surface area contributed by atoms with Gasteiger partial charge in [-0.3, -0.25) is 9.11 Å². The Balaban J connectivity index is 0. The summed E-state index contributed by atoms with van der Waals surface area (Å²) in [4.78, 5) is 3.61. The van der Waals surface area contributed by atoms with Crippen molar-refractivity contribution in [1.29, 1.82) is 0 Å². The Kier molecular flexibility index (Phi) is 7.09. The van der Waals surface area contributed by atoms with Gasteiger partial charge in [0.25, 0.3) is 0 Å². The Labute approximate surface area is 75.8 Å². The predicted molar refractivity (Wildman–Crippen MR) is 48.4 cm³/mol. The van der Waals surface area contributed by atoms with E-state index in [0.717, 1.165) is 0 Å². The van der Waals surface area contributed by atoms with Crippen LogP contribution in [0, 0.1) is 0 Å². The molecule has 0 aromatic heterocycles. The van der Waals surface area contributed by atoms with Crippen molar-refractivity contribution in [2.75, 3.05) is 0 Å². The molecular formula is C3H11N3O4S2. The molecule has 74 valence electrons. The molecule has 12 heavy (non-hydrogen) atoms. The highest BCUT2D eigenvalue weighted by Crippen LogP contribution is 1.90. The Bertz CT molecular complexity index is 222. The van der Waals surface area contributed by atoms with Crippen molar-refractivity contribution in [3.8, 4) is 0 Å². The molecule has 1 unspecified atom stereocenters. The summed E-state index contributed by atoms with van der Waals surface area (Å²) in [6.07, 6.45) is 0. The fourth-order valence-corrected chi connectivity index (χ4v) is 0.349. The fraction of sp³-hybridized carbons (Fsp3) is 0.667. The molecule has 0 aliphatic heterocycles. The highest BCUT2D eigenvalue weighted by molar-refractivity contribution is 7.80. The summed E-state index contributed by atoms with van der Waals surface area (Å²) >= 11 is 3.89. The van der Waals surface area contributed by atoms with E-state index >= 15 is 0 Å². The Morgan fingerprint density at radius 1 is 1.50 bits per heavy atom. The fourth-order valence-electron chi connectivity index (χ4n) is 0.216. The summed E-state index contributed by atoms with van der Waals surface area (Å²) in [7, 11) is -4.67. The average Bonchev–Trinajstić information content (AvgIpc) is 1.52. The van der Waals surface area contributed by atoms with Crippen LogP contribution in [0.2, 0.25) is 0 Å². The highest BCUT2D eigenvalue weighted by Gasteiger charge is 1.85. The van der Waals surface area contributed by atoms with Crippen molar-refractivity contribution >= 4 is 29.0 Å². The van der Waals surface area contributed by atoms with Crippen molar-refractivity contribution in [2.45, 2.75) is 12.3 Å². The van der Waals surface area contributed by atoms with Crippen molar-refractivity contribution in [2.24, 2.45) is 16.5 Å². The average molecular weight is 217 g/mol. The predicted octanol–water partition coefficient (Wildman–Crippen LogP) is -1.12. The van der Waals surface area contributed by atoms with Crippen molar-refractivity contribution < 1.29 is 17.5 Å². The second-order valence-electron chi connectivity index (χ2n) is 1.63. The summed E-state index contributed by atoms with van der Waals surface area (Å²) in [6.45, 7) is 1.78. The molecule has 9 heteroatoms. The van der Waals surface area contributed by atoms with Crippen LogP contribution in [-0.4, -0.2) is 28.9 Å². The number of hydrogen-bond acceptors (Lipinski definition) is 4. The zero-order valence-corrected chi connectivity index (χ0v) is 7.96. The lowest BCUT2D eigenvalue weighted by Gasteiger charge is -1.92. The second kappa shape index (κ2) is 6.06. The molecule has 0 rings (SSSR count). The number of rotatable bonds is 1. The Morgan fingerprint density at radius 3 is 1.75 bits per heavy atom. The normalized spacial score (nSPS) is 12.3. The minimum absolute atomic E-state index is 0.0856. The topological polar surface area (TPSA) is 139 Å². The molecular weight excluding hydrogens is 206 g/mol. The number of hydrogen-bond donors (Lipinski definition) is 5. The first-order valence-electron chi connectivity index (χ1n) is 2.59. The van der Waals surface area contributed by atoms with Gasteiger partial charge in [-0.05, 0) is 6.92 Å². The molecule has 0 fully saturated rings. The van der Waals surface area contributed by atoms with Gasteiger partial charge in [-0.2, -0.15) is 21.0 Å². The largest absolute Gasteiger partial charge is 0.394 e. The molecule has 0 aromatic rings. The second-order valence-corrected chi connectivity index (χ2v) is 3.28. The van der Waals surface area contributed by atoms with Gasteiger partial charge in [0.2, 0.25) is 0 Å². The van der Waals surface area contributed by atoms with E-state index in [1.54, 1.807) is 6.92 Å². The molecule has 1 atom stereocenters. The zero-order chi connectivity index (χ0) is 10.4. The lowest BCUT2D eigenvalue weighted by molar-refractivity contribution is 0.381. The number of nitrogens with zero attached hydrogens (tertiary/aromatic N) is 1. The standard InChI is InChI=1S/C3H9N3S.H2O4S/c1-2(7)6-3(4)5;1-5(2,3)4/h2,7H,1H3,(H4,4,5,6);(H2,1,2,3,4). The Morgan fingerprint density at radius 2 is 1.75 bits per heavy atom. The van der Waals surface area contributed by atoms with Crippen molar-refractivity contribution in [1.82, 2.24) is 0 Å². The highest BCUT2D eigenvalue weighted by atomic mass is 32.3. The van der Waals surface area contributed by atoms with Gasteiger partial charge in [-0.25, -0.2) is 4.99 Å². The summed E-state index contributed by atoms with van der Waals surface area (Å²) < 4.78 is 31.6. The third kappa shape index (κ3) is 56.2. The smallest absolute Gasteiger partial charge is 0.370 e. The van der Waals surface area contributed by atoms with E-state index in [9.17, 15) is 0 Å². The molecule has 0 saturated heterocycles. The van der Waals surface area contributed by atoms with Crippen LogP contribution in [0.4, 0.5) is 0 Å². The first kappa shape index (κ1) is 14.0. The van der Waals surface area contributed by atoms with Gasteiger partial charge in [-0.15, -0.1) is 0 Å². The van der Waals surface area contributed by atoms with Gasteiger partial charge >= 0.3 is 10.4 Å². The van der Waals surface area contributed by atoms with Gasteiger partial charge < -0.3 is 11.5 Å². The van der Waals surface area contributed by atoms with Crippen LogP contribution in [0.5, 0.6) is 0 Å². The monoisotopic (exact) mass is 217 g/mol. The van der Waals surface area contributed by atoms with Crippen LogP contribution in [-0.2, 0) is 10.4 Å². The van der Waals surface area contributed by atoms with E-state index in [-0.39, 0.29) is 11.3 Å². The first-order chi connectivity index (χ1) is 5.13. The van der Waals surface area contributed by atoms with E-state index in [1.807, 2.05) is 0 Å². The molecule has 0 aliphatic rings. The molecule has 7 nitrogen and oxygen atoms in total. The maximum Gasteiger partial charge on any atom is 0.394 e. The van der Waals surface area contributed by atoms with Crippen LogP contribution in [0.15, 0.2) is 4.99 Å². The Hall–Kier alpha value is -0.510. The molecule has 6 N–H and O–H groups in total. The molecule has 0 amide bonds. The van der Waals surface area contributed by atoms with Gasteiger partial charge in [0.1, 0.15) is 0 Å². The van der Waals surface area contributed by atoms with Crippen LogP contribution >= 0.6 is 12.6 Å². The minimum Gasteiger partial charge on any atom is -0.370 e. The van der Waals surface area contributed by atoms with E-state index in [0.29, 0.717) is 0 Å². The van der Waals surface area contributed by atoms with E-state index in [1.165, 1.54) is 0 Å². The summed E-state index contributed by atoms with van der Waals surface area (Å²) in [5.74, 6) is 0.0856. The molecule has 0 saturated carbocycles. The molecule has 0 aromatic carbocycles. The zero-order valence-electron chi connectivity index (χ0n) is 6.25. The van der Waals surface area contributed by atoms with Crippen molar-refractivity contribution in [3.63, 3.8) is 0 Å². The van der Waals surface area contributed by atoms with E-state index in [4.69, 9.17) is 29.0 Å². The number of thiol groups is 1. The summed E-state index contributed by atoms with van der Waals surface area (Å²) in [6, 6.07) is 0. The maximum absolute atomic E-state index is 8.74. The molecule has 0 bridgehead atoms. The number of nitrogens with two attached hydrogens (primary N) is 2. The van der Waals surface area contributed by atoms with E-state index in [2.05, 4.69) is 17.6 Å². The minimum atomic E-state index is -4.67. The quantitative estimate of drug-likeness (QED) is 0.163. The SMILES string of the molecule is CC(S)N=C(N)N.O=S(=O)(O)O.